The number of hydrogen-bond acceptors (Lipinski definition) is 4. The summed E-state index contributed by atoms with van der Waals surface area (Å²) in [4.78, 5) is 15.5. The molecule has 0 N–H and O–H groups in total. The van der Waals surface area contributed by atoms with Crippen LogP contribution in [0.15, 0.2) is 208 Å². The molecule has 5 heteroatoms. The third kappa shape index (κ3) is 5.46. The van der Waals surface area contributed by atoms with Crippen LogP contribution in [-0.2, 0) is 0 Å². The Kier molecular flexibility index (Phi) is 7.68. The summed E-state index contributed by atoms with van der Waals surface area (Å²) < 4.78 is 2.49. The molecule has 8 aromatic carbocycles. The van der Waals surface area contributed by atoms with Crippen molar-refractivity contribution < 1.29 is 0 Å². The Labute approximate surface area is 327 Å². The number of aromatic nitrogens is 3. The Morgan fingerprint density at radius 3 is 1.62 bits per heavy atom. The van der Waals surface area contributed by atoms with Crippen molar-refractivity contribution >= 4 is 56.1 Å². The third-order valence-corrected chi connectivity index (χ3v) is 13.1. The summed E-state index contributed by atoms with van der Waals surface area (Å²) in [5.74, 6) is 0.703. The first-order chi connectivity index (χ1) is 27.3. The minimum atomic E-state index is 0.703. The molecule has 258 valence electrons. The third-order valence-electron chi connectivity index (χ3n) is 10.4. The standard InChI is InChI=1S/C50H31N3S2/c1-3-15-32(16-4-1)41-31-42(33-17-5-2-6-18-33)52-50(51-41)36-21-13-19-34(29-36)35-20-14-22-37(30-35)53-43-26-10-9-25-40(43)46-38-23-7-8-24-39(38)48-49(47(46)53)55-45-28-12-11-27-44(45)54-48/h1-31H. The van der Waals surface area contributed by atoms with E-state index in [-0.39, 0.29) is 0 Å². The Hall–Kier alpha value is -6.40. The smallest absolute Gasteiger partial charge is 0.160 e. The summed E-state index contributed by atoms with van der Waals surface area (Å²) >= 11 is 3.79. The van der Waals surface area contributed by atoms with Gasteiger partial charge in [-0.25, -0.2) is 9.97 Å². The lowest BCUT2D eigenvalue weighted by Crippen LogP contribution is -1.99. The van der Waals surface area contributed by atoms with Gasteiger partial charge in [0.05, 0.1) is 27.3 Å². The van der Waals surface area contributed by atoms with Gasteiger partial charge >= 0.3 is 0 Å². The van der Waals surface area contributed by atoms with Crippen LogP contribution in [0.25, 0.3) is 83.3 Å². The van der Waals surface area contributed by atoms with E-state index in [4.69, 9.17) is 9.97 Å². The fourth-order valence-corrected chi connectivity index (χ4v) is 10.5. The predicted molar refractivity (Wildman–Crippen MR) is 230 cm³/mol. The Balaban J connectivity index is 1.09. The van der Waals surface area contributed by atoms with Gasteiger partial charge in [0.15, 0.2) is 5.82 Å². The highest BCUT2D eigenvalue weighted by Crippen LogP contribution is 2.55. The zero-order valence-electron chi connectivity index (χ0n) is 29.6. The van der Waals surface area contributed by atoms with Crippen molar-refractivity contribution in [2.75, 3.05) is 0 Å². The van der Waals surface area contributed by atoms with Gasteiger partial charge in [0.25, 0.3) is 0 Å². The highest BCUT2D eigenvalue weighted by Gasteiger charge is 2.27. The Bertz CT molecular complexity index is 3040. The summed E-state index contributed by atoms with van der Waals surface area (Å²) in [6, 6.07) is 67.0. The molecule has 0 atom stereocenters. The first kappa shape index (κ1) is 32.1. The van der Waals surface area contributed by atoms with Crippen molar-refractivity contribution in [3.63, 3.8) is 0 Å². The molecule has 1 aliphatic rings. The van der Waals surface area contributed by atoms with Crippen molar-refractivity contribution in [2.24, 2.45) is 0 Å². The minimum Gasteiger partial charge on any atom is -0.308 e. The molecule has 3 nitrogen and oxygen atoms in total. The topological polar surface area (TPSA) is 30.7 Å². The van der Waals surface area contributed by atoms with Crippen LogP contribution >= 0.6 is 23.5 Å². The van der Waals surface area contributed by atoms with Crippen molar-refractivity contribution in [2.45, 2.75) is 19.6 Å². The van der Waals surface area contributed by atoms with E-state index in [0.29, 0.717) is 5.82 Å². The second kappa shape index (κ2) is 13.2. The molecule has 10 aromatic rings. The van der Waals surface area contributed by atoms with Crippen LogP contribution in [0.4, 0.5) is 0 Å². The molecule has 0 saturated carbocycles. The molecule has 2 aromatic heterocycles. The quantitative estimate of drug-likeness (QED) is 0.176. The summed E-state index contributed by atoms with van der Waals surface area (Å²) in [6.07, 6.45) is 0. The molecular formula is C50H31N3S2. The molecule has 1 aliphatic heterocycles. The van der Waals surface area contributed by atoms with Crippen LogP contribution in [0.1, 0.15) is 0 Å². The number of fused-ring (bicyclic) bond motifs is 9. The van der Waals surface area contributed by atoms with Gasteiger partial charge in [0.2, 0.25) is 0 Å². The van der Waals surface area contributed by atoms with Crippen molar-refractivity contribution in [3.8, 4) is 50.7 Å². The Morgan fingerprint density at radius 1 is 0.382 bits per heavy atom. The normalized spacial score (nSPS) is 12.2. The molecular weight excluding hydrogens is 707 g/mol. The highest BCUT2D eigenvalue weighted by atomic mass is 32.2. The van der Waals surface area contributed by atoms with Gasteiger partial charge in [-0.05, 0) is 64.4 Å². The average molecular weight is 738 g/mol. The van der Waals surface area contributed by atoms with Gasteiger partial charge in [-0.15, -0.1) is 0 Å². The second-order valence-electron chi connectivity index (χ2n) is 13.8. The fourth-order valence-electron chi connectivity index (χ4n) is 7.91. The molecule has 0 saturated heterocycles. The first-order valence-corrected chi connectivity index (χ1v) is 20.0. The van der Waals surface area contributed by atoms with E-state index < -0.39 is 0 Å². The van der Waals surface area contributed by atoms with Gasteiger partial charge in [0.1, 0.15) is 0 Å². The Morgan fingerprint density at radius 2 is 0.909 bits per heavy atom. The fraction of sp³-hybridized carbons (Fsp3) is 0. The zero-order chi connectivity index (χ0) is 36.3. The van der Waals surface area contributed by atoms with Crippen molar-refractivity contribution in [1.82, 2.24) is 14.5 Å². The SMILES string of the molecule is c1ccc(-c2cc(-c3ccccc3)nc(-c3cccc(-c4cccc(-n5c6ccccc6c6c7ccccc7c7c(c65)Sc5ccccc5S7)c4)c3)n2)cc1. The van der Waals surface area contributed by atoms with Gasteiger partial charge in [0, 0.05) is 47.8 Å². The molecule has 0 fully saturated rings. The first-order valence-electron chi connectivity index (χ1n) is 18.4. The van der Waals surface area contributed by atoms with E-state index in [1.165, 1.54) is 52.2 Å². The maximum absolute atomic E-state index is 5.12. The average Bonchev–Trinajstić information content (AvgIpc) is 3.62. The monoisotopic (exact) mass is 737 g/mol. The van der Waals surface area contributed by atoms with Crippen LogP contribution < -0.4 is 0 Å². The molecule has 11 rings (SSSR count). The van der Waals surface area contributed by atoms with E-state index in [1.807, 2.05) is 35.7 Å². The lowest BCUT2D eigenvalue weighted by Gasteiger charge is -2.22. The van der Waals surface area contributed by atoms with Crippen LogP contribution in [0.2, 0.25) is 0 Å². The van der Waals surface area contributed by atoms with Crippen LogP contribution in [0.5, 0.6) is 0 Å². The molecule has 0 aliphatic carbocycles. The van der Waals surface area contributed by atoms with Gasteiger partial charge < -0.3 is 4.57 Å². The lowest BCUT2D eigenvalue weighted by atomic mass is 10.0. The number of rotatable bonds is 5. The molecule has 0 bridgehead atoms. The molecule has 55 heavy (non-hydrogen) atoms. The van der Waals surface area contributed by atoms with E-state index in [1.54, 1.807) is 0 Å². The van der Waals surface area contributed by atoms with Crippen LogP contribution in [0, 0.1) is 0 Å². The number of hydrogen-bond donors (Lipinski definition) is 0. The maximum Gasteiger partial charge on any atom is 0.160 e. The number of para-hydroxylation sites is 1. The second-order valence-corrected chi connectivity index (χ2v) is 15.9. The molecule has 3 heterocycles. The van der Waals surface area contributed by atoms with Gasteiger partial charge in [-0.1, -0.05) is 169 Å². The maximum atomic E-state index is 5.12. The lowest BCUT2D eigenvalue weighted by molar-refractivity contribution is 1.12. The van der Waals surface area contributed by atoms with Crippen LogP contribution in [0.3, 0.4) is 0 Å². The van der Waals surface area contributed by atoms with Gasteiger partial charge in [-0.3, -0.25) is 0 Å². The zero-order valence-corrected chi connectivity index (χ0v) is 31.2. The van der Waals surface area contributed by atoms with Gasteiger partial charge in [-0.2, -0.15) is 0 Å². The largest absolute Gasteiger partial charge is 0.308 e. The van der Waals surface area contributed by atoms with Crippen LogP contribution in [-0.4, -0.2) is 14.5 Å². The van der Waals surface area contributed by atoms with Crippen molar-refractivity contribution in [3.05, 3.63) is 188 Å². The summed E-state index contributed by atoms with van der Waals surface area (Å²) in [6.45, 7) is 0. The predicted octanol–water partition coefficient (Wildman–Crippen LogP) is 14.0. The number of benzene rings is 8. The van der Waals surface area contributed by atoms with E-state index in [0.717, 1.165) is 44.9 Å². The summed E-state index contributed by atoms with van der Waals surface area (Å²) in [5, 5.41) is 5.15. The molecule has 0 spiro atoms. The summed E-state index contributed by atoms with van der Waals surface area (Å²) in [7, 11) is 0. The minimum absolute atomic E-state index is 0.703. The summed E-state index contributed by atoms with van der Waals surface area (Å²) in [5.41, 5.74) is 10.7. The molecule has 0 amide bonds. The van der Waals surface area contributed by atoms with Crippen molar-refractivity contribution in [1.29, 1.82) is 0 Å². The molecule has 0 radical (unpaired) electrons. The number of nitrogens with zero attached hydrogens (tertiary/aromatic N) is 3. The van der Waals surface area contributed by atoms with E-state index in [2.05, 4.69) is 180 Å². The highest BCUT2D eigenvalue weighted by molar-refractivity contribution is 8.05. The van der Waals surface area contributed by atoms with E-state index >= 15 is 0 Å². The molecule has 0 unspecified atom stereocenters. The van der Waals surface area contributed by atoms with E-state index in [9.17, 15) is 0 Å².